The summed E-state index contributed by atoms with van der Waals surface area (Å²) in [5, 5.41) is 3.06. The zero-order valence-electron chi connectivity index (χ0n) is 22.5. The highest BCUT2D eigenvalue weighted by Crippen LogP contribution is 2.32. The number of halogens is 1. The number of rotatable bonds is 7. The van der Waals surface area contributed by atoms with Gasteiger partial charge in [-0.1, -0.05) is 17.7 Å². The third-order valence-corrected chi connectivity index (χ3v) is 7.35. The molecule has 1 aromatic carbocycles. The van der Waals surface area contributed by atoms with Crippen LogP contribution in [0, 0.1) is 19.7 Å². The van der Waals surface area contributed by atoms with Crippen LogP contribution in [0.3, 0.4) is 0 Å². The minimum Gasteiger partial charge on any atom is -0.373 e. The maximum Gasteiger partial charge on any atom is 0.159 e. The van der Waals surface area contributed by atoms with Crippen molar-refractivity contribution in [1.82, 2.24) is 14.9 Å². The number of anilines is 1. The van der Waals surface area contributed by atoms with Gasteiger partial charge >= 0.3 is 0 Å². The molecule has 0 saturated heterocycles. The summed E-state index contributed by atoms with van der Waals surface area (Å²) in [6.45, 7) is 11.3. The first kappa shape index (κ1) is 26.4. The number of carbonyl (C=O) groups is 1. The average molecular weight is 499 g/mol. The SMILES string of the molecule is CNc1ccc(-c2ccnc(C)c2/C=C(\C)C(C)N2CC=C(c3c(C)cc(C(C)=O)cc3F)CC2)cn1. The maximum absolute atomic E-state index is 14.9. The van der Waals surface area contributed by atoms with Crippen LogP contribution in [0.15, 0.2) is 54.4 Å². The second-order valence-electron chi connectivity index (χ2n) is 9.78. The van der Waals surface area contributed by atoms with Gasteiger partial charge in [-0.2, -0.15) is 0 Å². The first-order chi connectivity index (χ1) is 17.7. The van der Waals surface area contributed by atoms with Crippen molar-refractivity contribution in [3.05, 3.63) is 88.1 Å². The van der Waals surface area contributed by atoms with Gasteiger partial charge in [0.15, 0.2) is 5.78 Å². The van der Waals surface area contributed by atoms with Gasteiger partial charge < -0.3 is 5.32 Å². The molecule has 3 aromatic rings. The summed E-state index contributed by atoms with van der Waals surface area (Å²) in [6, 6.07) is 9.45. The van der Waals surface area contributed by atoms with E-state index in [-0.39, 0.29) is 17.6 Å². The highest BCUT2D eigenvalue weighted by molar-refractivity contribution is 5.94. The van der Waals surface area contributed by atoms with Crippen LogP contribution in [0.1, 0.15) is 59.9 Å². The van der Waals surface area contributed by atoms with E-state index in [0.29, 0.717) is 11.1 Å². The Morgan fingerprint density at radius 3 is 2.54 bits per heavy atom. The average Bonchev–Trinajstić information content (AvgIpc) is 2.89. The number of ketones is 1. The molecule has 4 rings (SSSR count). The number of nitrogens with zero attached hydrogens (tertiary/aromatic N) is 3. The molecule has 6 heteroatoms. The molecular weight excluding hydrogens is 463 g/mol. The number of carbonyl (C=O) groups excluding carboxylic acids is 1. The van der Waals surface area contributed by atoms with Gasteiger partial charge in [-0.25, -0.2) is 9.37 Å². The van der Waals surface area contributed by atoms with Crippen LogP contribution in [0.25, 0.3) is 22.8 Å². The van der Waals surface area contributed by atoms with E-state index in [1.807, 2.05) is 45.4 Å². The lowest BCUT2D eigenvalue weighted by Gasteiger charge is -2.33. The molecule has 0 bridgehead atoms. The van der Waals surface area contributed by atoms with Crippen molar-refractivity contribution in [2.75, 3.05) is 25.5 Å². The van der Waals surface area contributed by atoms with Gasteiger partial charge in [0.1, 0.15) is 11.6 Å². The Morgan fingerprint density at radius 2 is 1.95 bits per heavy atom. The van der Waals surface area contributed by atoms with E-state index in [9.17, 15) is 9.18 Å². The predicted molar refractivity (Wildman–Crippen MR) is 150 cm³/mol. The molecule has 0 fully saturated rings. The summed E-state index contributed by atoms with van der Waals surface area (Å²) >= 11 is 0. The van der Waals surface area contributed by atoms with E-state index in [4.69, 9.17) is 0 Å². The van der Waals surface area contributed by atoms with Gasteiger partial charge in [-0.15, -0.1) is 0 Å². The van der Waals surface area contributed by atoms with E-state index >= 15 is 0 Å². The minimum atomic E-state index is -0.314. The summed E-state index contributed by atoms with van der Waals surface area (Å²) in [5.74, 6) is 0.399. The molecule has 0 amide bonds. The number of pyridine rings is 2. The molecular formula is C31H35FN4O. The molecule has 0 aliphatic carbocycles. The van der Waals surface area contributed by atoms with Gasteiger partial charge in [0.2, 0.25) is 0 Å². The van der Waals surface area contributed by atoms with E-state index < -0.39 is 0 Å². The van der Waals surface area contributed by atoms with Crippen LogP contribution in [0.4, 0.5) is 10.2 Å². The fraction of sp³-hybridized carbons (Fsp3) is 0.323. The van der Waals surface area contributed by atoms with Crippen LogP contribution in [-0.4, -0.2) is 46.8 Å². The standard InChI is InChI=1S/C31H35FN4O/c1-19(16-28-21(3)34-12-9-27(28)25-7-8-30(33-6)35-18-25)22(4)36-13-10-24(11-14-36)31-20(2)15-26(23(5)37)17-29(31)32/h7-10,12,15-18,22H,11,13-14H2,1-6H3,(H,33,35)/b19-16+. The van der Waals surface area contributed by atoms with E-state index in [1.165, 1.54) is 18.6 Å². The monoisotopic (exact) mass is 498 g/mol. The zero-order valence-corrected chi connectivity index (χ0v) is 22.5. The fourth-order valence-electron chi connectivity index (χ4n) is 4.97. The van der Waals surface area contributed by atoms with Crippen LogP contribution in [0.2, 0.25) is 0 Å². The van der Waals surface area contributed by atoms with Crippen LogP contribution in [0.5, 0.6) is 0 Å². The number of Topliss-reactive ketones (excluding diaryl/α,β-unsaturated/α-hetero) is 1. The second-order valence-corrected chi connectivity index (χ2v) is 9.78. The summed E-state index contributed by atoms with van der Waals surface area (Å²) in [7, 11) is 1.86. The third kappa shape index (κ3) is 5.70. The quantitative estimate of drug-likeness (QED) is 0.366. The topological polar surface area (TPSA) is 58.1 Å². The molecule has 3 heterocycles. The van der Waals surface area contributed by atoms with Crippen molar-refractivity contribution >= 4 is 23.3 Å². The largest absolute Gasteiger partial charge is 0.373 e. The molecule has 192 valence electrons. The Morgan fingerprint density at radius 1 is 1.16 bits per heavy atom. The Labute approximate surface area is 219 Å². The van der Waals surface area contributed by atoms with E-state index in [2.05, 4.69) is 52.3 Å². The van der Waals surface area contributed by atoms with Crippen molar-refractivity contribution in [3.8, 4) is 11.1 Å². The Bertz CT molecular complexity index is 1350. The summed E-state index contributed by atoms with van der Waals surface area (Å²) in [4.78, 5) is 23.1. The molecule has 1 aliphatic rings. The molecule has 5 nitrogen and oxygen atoms in total. The van der Waals surface area contributed by atoms with Crippen molar-refractivity contribution < 1.29 is 9.18 Å². The number of nitrogens with one attached hydrogen (secondary N) is 1. The normalized spacial score (nSPS) is 15.3. The van der Waals surface area contributed by atoms with Crippen molar-refractivity contribution in [1.29, 1.82) is 0 Å². The number of hydrogen-bond acceptors (Lipinski definition) is 5. The van der Waals surface area contributed by atoms with Crippen molar-refractivity contribution in [3.63, 3.8) is 0 Å². The molecule has 1 unspecified atom stereocenters. The first-order valence-corrected chi connectivity index (χ1v) is 12.7. The van der Waals surface area contributed by atoms with E-state index in [0.717, 1.165) is 58.8 Å². The first-order valence-electron chi connectivity index (χ1n) is 12.7. The molecule has 0 saturated carbocycles. The predicted octanol–water partition coefficient (Wildman–Crippen LogP) is 6.72. The zero-order chi connectivity index (χ0) is 26.7. The van der Waals surface area contributed by atoms with E-state index in [1.54, 1.807) is 6.07 Å². The second kappa shape index (κ2) is 11.2. The summed E-state index contributed by atoms with van der Waals surface area (Å²) in [6.07, 6.45) is 8.85. The lowest BCUT2D eigenvalue weighted by molar-refractivity contribution is 0.101. The van der Waals surface area contributed by atoms with Crippen molar-refractivity contribution in [2.24, 2.45) is 0 Å². The minimum absolute atomic E-state index is 0.119. The number of hydrogen-bond donors (Lipinski definition) is 1. The molecule has 0 spiro atoms. The molecule has 0 radical (unpaired) electrons. The Hall–Kier alpha value is -3.64. The van der Waals surface area contributed by atoms with Gasteiger partial charge in [0, 0.05) is 66.5 Å². The number of aryl methyl sites for hydroxylation is 2. The lowest BCUT2D eigenvalue weighted by Crippen LogP contribution is -2.37. The van der Waals surface area contributed by atoms with Gasteiger partial charge in [-0.3, -0.25) is 14.7 Å². The highest BCUT2D eigenvalue weighted by atomic mass is 19.1. The van der Waals surface area contributed by atoms with Crippen LogP contribution >= 0.6 is 0 Å². The maximum atomic E-state index is 14.9. The smallest absolute Gasteiger partial charge is 0.159 e. The lowest BCUT2D eigenvalue weighted by atomic mass is 9.92. The molecule has 37 heavy (non-hydrogen) atoms. The molecule has 1 aliphatic heterocycles. The van der Waals surface area contributed by atoms with Gasteiger partial charge in [0.25, 0.3) is 0 Å². The third-order valence-electron chi connectivity index (χ3n) is 7.35. The van der Waals surface area contributed by atoms with Crippen LogP contribution in [-0.2, 0) is 0 Å². The Balaban J connectivity index is 1.56. The number of aromatic nitrogens is 2. The van der Waals surface area contributed by atoms with Crippen LogP contribution < -0.4 is 5.32 Å². The Kier molecular flexibility index (Phi) is 7.98. The molecule has 1 atom stereocenters. The van der Waals surface area contributed by atoms with Gasteiger partial charge in [0.05, 0.1) is 0 Å². The highest BCUT2D eigenvalue weighted by Gasteiger charge is 2.22. The van der Waals surface area contributed by atoms with Gasteiger partial charge in [-0.05, 0) is 88.1 Å². The summed E-state index contributed by atoms with van der Waals surface area (Å²) < 4.78 is 14.9. The number of benzene rings is 1. The van der Waals surface area contributed by atoms with Crippen molar-refractivity contribution in [2.45, 2.75) is 47.1 Å². The molecule has 2 aromatic heterocycles. The fourth-order valence-corrected chi connectivity index (χ4v) is 4.97. The molecule has 1 N–H and O–H groups in total. The summed E-state index contributed by atoms with van der Waals surface area (Å²) in [5.41, 5.74) is 8.35.